The van der Waals surface area contributed by atoms with Crippen LogP contribution in [0.1, 0.15) is 15.9 Å². The summed E-state index contributed by atoms with van der Waals surface area (Å²) in [5, 5.41) is 9.52. The minimum atomic E-state index is -4.50. The molecule has 2 aromatic carbocycles. The molecule has 0 bridgehead atoms. The van der Waals surface area contributed by atoms with E-state index in [1.54, 1.807) is 0 Å². The van der Waals surface area contributed by atoms with Crippen molar-refractivity contribution in [3.05, 3.63) is 53.6 Å². The van der Waals surface area contributed by atoms with Crippen molar-refractivity contribution in [2.24, 2.45) is 5.84 Å². The van der Waals surface area contributed by atoms with E-state index < -0.39 is 17.6 Å². The molecule has 0 aliphatic rings. The number of hydrazine groups is 1. The van der Waals surface area contributed by atoms with Gasteiger partial charge in [-0.05, 0) is 30.3 Å². The van der Waals surface area contributed by atoms with Crippen LogP contribution in [0.4, 0.5) is 13.2 Å². The van der Waals surface area contributed by atoms with Crippen molar-refractivity contribution in [3.63, 3.8) is 0 Å². The Kier molecular flexibility index (Phi) is 4.22. The number of nitrogen functional groups attached to an aromatic ring is 1. The van der Waals surface area contributed by atoms with Gasteiger partial charge in [-0.3, -0.25) is 10.2 Å². The van der Waals surface area contributed by atoms with E-state index in [1.807, 2.05) is 5.43 Å². The van der Waals surface area contributed by atoms with Gasteiger partial charge in [-0.1, -0.05) is 6.07 Å². The number of nitrogens with one attached hydrogen (secondary N) is 1. The van der Waals surface area contributed by atoms with Crippen molar-refractivity contribution in [3.8, 4) is 17.2 Å². The van der Waals surface area contributed by atoms with E-state index in [0.29, 0.717) is 0 Å². The van der Waals surface area contributed by atoms with Crippen molar-refractivity contribution in [1.82, 2.24) is 5.43 Å². The molecule has 0 radical (unpaired) electrons. The van der Waals surface area contributed by atoms with Crippen molar-refractivity contribution in [2.45, 2.75) is 6.18 Å². The van der Waals surface area contributed by atoms with E-state index in [0.717, 1.165) is 24.3 Å². The third kappa shape index (κ3) is 3.67. The topological polar surface area (TPSA) is 84.6 Å². The van der Waals surface area contributed by atoms with Gasteiger partial charge < -0.3 is 9.84 Å². The molecular formula is C14H11F3N2O3. The van der Waals surface area contributed by atoms with E-state index >= 15 is 0 Å². The molecule has 0 aliphatic heterocycles. The molecule has 0 saturated heterocycles. The highest BCUT2D eigenvalue weighted by atomic mass is 19.4. The maximum atomic E-state index is 12.6. The predicted molar refractivity (Wildman–Crippen MR) is 71.3 cm³/mol. The number of benzene rings is 2. The maximum Gasteiger partial charge on any atom is 0.416 e. The second-order valence-electron chi connectivity index (χ2n) is 4.32. The Morgan fingerprint density at radius 3 is 2.50 bits per heavy atom. The third-order valence-electron chi connectivity index (χ3n) is 2.68. The van der Waals surface area contributed by atoms with Crippen LogP contribution in [0.25, 0.3) is 0 Å². The molecule has 2 aromatic rings. The first-order valence-corrected chi connectivity index (χ1v) is 6.00. The summed E-state index contributed by atoms with van der Waals surface area (Å²) >= 11 is 0. The lowest BCUT2D eigenvalue weighted by molar-refractivity contribution is -0.137. The molecule has 22 heavy (non-hydrogen) atoms. The number of halogens is 3. The summed E-state index contributed by atoms with van der Waals surface area (Å²) in [5.74, 6) is 3.93. The summed E-state index contributed by atoms with van der Waals surface area (Å²) in [6.45, 7) is 0. The lowest BCUT2D eigenvalue weighted by Crippen LogP contribution is -2.29. The van der Waals surface area contributed by atoms with Gasteiger partial charge in [0.05, 0.1) is 5.56 Å². The fourth-order valence-corrected chi connectivity index (χ4v) is 1.73. The third-order valence-corrected chi connectivity index (χ3v) is 2.68. The average Bonchev–Trinajstić information content (AvgIpc) is 2.45. The molecule has 0 aromatic heterocycles. The van der Waals surface area contributed by atoms with Crippen LogP contribution in [0.5, 0.6) is 17.2 Å². The van der Waals surface area contributed by atoms with Crippen LogP contribution in [-0.4, -0.2) is 11.0 Å². The zero-order chi connectivity index (χ0) is 16.3. The van der Waals surface area contributed by atoms with Gasteiger partial charge >= 0.3 is 6.18 Å². The van der Waals surface area contributed by atoms with Crippen LogP contribution < -0.4 is 16.0 Å². The van der Waals surface area contributed by atoms with Crippen LogP contribution in [0.2, 0.25) is 0 Å². The van der Waals surface area contributed by atoms with E-state index in [1.165, 1.54) is 18.2 Å². The fraction of sp³-hybridized carbons (Fsp3) is 0.0714. The molecule has 0 fully saturated rings. The lowest BCUT2D eigenvalue weighted by atomic mass is 10.2. The fourth-order valence-electron chi connectivity index (χ4n) is 1.73. The second-order valence-corrected chi connectivity index (χ2v) is 4.32. The van der Waals surface area contributed by atoms with Crippen LogP contribution in [0.3, 0.4) is 0 Å². The highest BCUT2D eigenvalue weighted by Gasteiger charge is 2.30. The number of hydrogen-bond donors (Lipinski definition) is 3. The maximum absolute atomic E-state index is 12.6. The number of phenolic OH excluding ortho intramolecular Hbond substituents is 1. The summed E-state index contributed by atoms with van der Waals surface area (Å²) in [5.41, 5.74) is 1.01. The Balaban J connectivity index is 2.31. The summed E-state index contributed by atoms with van der Waals surface area (Å²) in [7, 11) is 0. The van der Waals surface area contributed by atoms with Crippen LogP contribution in [-0.2, 0) is 6.18 Å². The molecule has 8 heteroatoms. The first-order valence-electron chi connectivity index (χ1n) is 6.00. The van der Waals surface area contributed by atoms with Crippen LogP contribution >= 0.6 is 0 Å². The van der Waals surface area contributed by atoms with Crippen molar-refractivity contribution in [1.29, 1.82) is 0 Å². The van der Waals surface area contributed by atoms with Crippen molar-refractivity contribution in [2.75, 3.05) is 0 Å². The Bertz CT molecular complexity index is 702. The van der Waals surface area contributed by atoms with Gasteiger partial charge in [-0.2, -0.15) is 13.2 Å². The van der Waals surface area contributed by atoms with Gasteiger partial charge in [0.2, 0.25) is 0 Å². The number of rotatable bonds is 3. The molecule has 2 rings (SSSR count). The molecule has 0 spiro atoms. The zero-order valence-corrected chi connectivity index (χ0v) is 11.0. The lowest BCUT2D eigenvalue weighted by Gasteiger charge is -2.11. The zero-order valence-electron chi connectivity index (χ0n) is 11.0. The van der Waals surface area contributed by atoms with Gasteiger partial charge in [-0.25, -0.2) is 5.84 Å². The van der Waals surface area contributed by atoms with Gasteiger partial charge in [0.15, 0.2) is 0 Å². The van der Waals surface area contributed by atoms with Crippen LogP contribution in [0.15, 0.2) is 42.5 Å². The smallest absolute Gasteiger partial charge is 0.416 e. The Morgan fingerprint density at radius 2 is 1.86 bits per heavy atom. The number of hydrogen-bond acceptors (Lipinski definition) is 4. The number of alkyl halides is 3. The number of carbonyl (C=O) groups is 1. The number of ether oxygens (including phenoxy) is 1. The first-order chi connectivity index (χ1) is 10.3. The molecule has 0 atom stereocenters. The highest BCUT2D eigenvalue weighted by molar-refractivity contribution is 5.94. The number of carbonyl (C=O) groups excluding carboxylic acids is 1. The summed E-state index contributed by atoms with van der Waals surface area (Å²) in [6, 6.07) is 7.77. The summed E-state index contributed by atoms with van der Waals surface area (Å²) in [6.07, 6.45) is -4.50. The number of amides is 1. The largest absolute Gasteiger partial charge is 0.508 e. The molecule has 0 aliphatic carbocycles. The molecule has 116 valence electrons. The standard InChI is InChI=1S/C14H11F3N2O3/c15-14(16,17)9-2-1-3-11(6-9)22-12-5-8(13(21)19-18)4-10(20)7-12/h1-7,20H,18H2,(H,19,21). The molecular weight excluding hydrogens is 301 g/mol. The van der Waals surface area contributed by atoms with Crippen molar-refractivity contribution < 1.29 is 27.8 Å². The summed E-state index contributed by atoms with van der Waals surface area (Å²) in [4.78, 5) is 11.4. The van der Waals surface area contributed by atoms with Crippen LogP contribution in [0, 0.1) is 0 Å². The Labute approximate surface area is 123 Å². The quantitative estimate of drug-likeness (QED) is 0.462. The van der Waals surface area contributed by atoms with Crippen molar-refractivity contribution >= 4 is 5.91 Å². The minimum Gasteiger partial charge on any atom is -0.508 e. The Morgan fingerprint density at radius 1 is 1.14 bits per heavy atom. The summed E-state index contributed by atoms with van der Waals surface area (Å²) < 4.78 is 43.1. The first kappa shape index (κ1) is 15.6. The number of phenols is 1. The molecule has 0 unspecified atom stereocenters. The normalized spacial score (nSPS) is 11.1. The van der Waals surface area contributed by atoms with Gasteiger partial charge in [0, 0.05) is 11.6 Å². The van der Waals surface area contributed by atoms with Gasteiger partial charge in [-0.15, -0.1) is 0 Å². The highest BCUT2D eigenvalue weighted by Crippen LogP contribution is 2.33. The van der Waals surface area contributed by atoms with Gasteiger partial charge in [0.25, 0.3) is 5.91 Å². The van der Waals surface area contributed by atoms with E-state index in [9.17, 15) is 23.1 Å². The minimum absolute atomic E-state index is 0.00192. The monoisotopic (exact) mass is 312 g/mol. The molecule has 4 N–H and O–H groups in total. The SMILES string of the molecule is NNC(=O)c1cc(O)cc(Oc2cccc(C(F)(F)F)c2)c1. The van der Waals surface area contributed by atoms with E-state index in [-0.39, 0.29) is 22.8 Å². The Hall–Kier alpha value is -2.74. The van der Waals surface area contributed by atoms with E-state index in [2.05, 4.69) is 0 Å². The molecule has 0 heterocycles. The molecule has 5 nitrogen and oxygen atoms in total. The predicted octanol–water partition coefficient (Wildman–Crippen LogP) is 2.81. The molecule has 0 saturated carbocycles. The second kappa shape index (κ2) is 5.94. The number of aromatic hydroxyl groups is 1. The van der Waals surface area contributed by atoms with E-state index in [4.69, 9.17) is 10.6 Å². The van der Waals surface area contributed by atoms with Gasteiger partial charge in [0.1, 0.15) is 17.2 Å². The number of nitrogens with two attached hydrogens (primary N) is 1. The molecule has 1 amide bonds. The average molecular weight is 312 g/mol.